The van der Waals surface area contributed by atoms with Crippen LogP contribution in [-0.2, 0) is 11.3 Å². The van der Waals surface area contributed by atoms with Crippen LogP contribution in [0.15, 0.2) is 18.2 Å². The molecule has 0 atom stereocenters. The summed E-state index contributed by atoms with van der Waals surface area (Å²) in [4.78, 5) is 24.7. The maximum Gasteiger partial charge on any atom is 0.387 e. The van der Waals surface area contributed by atoms with Gasteiger partial charge in [0.1, 0.15) is 0 Å². The Morgan fingerprint density at radius 3 is 2.58 bits per heavy atom. The average molecular weight is 372 g/mol. The van der Waals surface area contributed by atoms with Gasteiger partial charge in [-0.25, -0.2) is 4.79 Å². The van der Waals surface area contributed by atoms with E-state index in [0.717, 1.165) is 0 Å². The minimum absolute atomic E-state index is 0.0623. The molecule has 1 aromatic carbocycles. The lowest BCUT2D eigenvalue weighted by Crippen LogP contribution is -2.45. The minimum atomic E-state index is -2.95. The Hall–Kier alpha value is -2.58. The van der Waals surface area contributed by atoms with Gasteiger partial charge in [0.15, 0.2) is 11.5 Å². The number of hydrogen-bond acceptors (Lipinski definition) is 4. The SMILES string of the molecule is CCOc1cc(CNC(=O)N2CCC(C(=O)O)CC2)ccc1OC(F)F. The van der Waals surface area contributed by atoms with E-state index in [9.17, 15) is 18.4 Å². The number of nitrogens with one attached hydrogen (secondary N) is 1. The molecule has 9 heteroatoms. The van der Waals surface area contributed by atoms with E-state index < -0.39 is 18.5 Å². The zero-order valence-corrected chi connectivity index (χ0v) is 14.4. The summed E-state index contributed by atoms with van der Waals surface area (Å²) < 4.78 is 34.5. The van der Waals surface area contributed by atoms with Crippen LogP contribution in [0.3, 0.4) is 0 Å². The number of nitrogens with zero attached hydrogens (tertiary/aromatic N) is 1. The lowest BCUT2D eigenvalue weighted by Gasteiger charge is -2.30. The van der Waals surface area contributed by atoms with Crippen LogP contribution in [0.25, 0.3) is 0 Å². The summed E-state index contributed by atoms with van der Waals surface area (Å²) in [5.41, 5.74) is 0.670. The molecule has 1 aliphatic heterocycles. The summed E-state index contributed by atoms with van der Waals surface area (Å²) in [6.07, 6.45) is 0.855. The second kappa shape index (κ2) is 9.21. The molecule has 144 valence electrons. The van der Waals surface area contributed by atoms with Gasteiger partial charge < -0.3 is 24.8 Å². The number of rotatable bonds is 7. The number of alkyl halides is 2. The fourth-order valence-electron chi connectivity index (χ4n) is 2.74. The number of hydrogen-bond donors (Lipinski definition) is 2. The molecular formula is C17H22F2N2O5. The first-order valence-corrected chi connectivity index (χ1v) is 8.36. The molecule has 0 aliphatic carbocycles. The van der Waals surface area contributed by atoms with Crippen LogP contribution in [0, 0.1) is 5.92 Å². The molecule has 2 N–H and O–H groups in total. The molecule has 1 saturated heterocycles. The highest BCUT2D eigenvalue weighted by Crippen LogP contribution is 2.30. The minimum Gasteiger partial charge on any atom is -0.490 e. The lowest BCUT2D eigenvalue weighted by molar-refractivity contribution is -0.143. The summed E-state index contributed by atoms with van der Waals surface area (Å²) >= 11 is 0. The van der Waals surface area contributed by atoms with Crippen molar-refractivity contribution in [1.82, 2.24) is 10.2 Å². The molecule has 0 aromatic heterocycles. The summed E-state index contributed by atoms with van der Waals surface area (Å²) in [5, 5.41) is 11.7. The third kappa shape index (κ3) is 5.47. The van der Waals surface area contributed by atoms with Crippen LogP contribution < -0.4 is 14.8 Å². The molecule has 0 bridgehead atoms. The Balaban J connectivity index is 1.91. The van der Waals surface area contributed by atoms with E-state index >= 15 is 0 Å². The molecule has 1 fully saturated rings. The van der Waals surface area contributed by atoms with Crippen molar-refractivity contribution in [3.63, 3.8) is 0 Å². The molecule has 1 heterocycles. The number of likely N-dealkylation sites (tertiary alicyclic amines) is 1. The highest BCUT2D eigenvalue weighted by molar-refractivity contribution is 5.75. The van der Waals surface area contributed by atoms with E-state index in [1.54, 1.807) is 17.9 Å². The van der Waals surface area contributed by atoms with E-state index in [1.165, 1.54) is 12.1 Å². The second-order valence-electron chi connectivity index (χ2n) is 5.85. The number of benzene rings is 1. The van der Waals surface area contributed by atoms with Gasteiger partial charge in [0.2, 0.25) is 0 Å². The molecule has 0 radical (unpaired) electrons. The molecule has 0 spiro atoms. The molecule has 1 aliphatic rings. The van der Waals surface area contributed by atoms with Gasteiger partial charge in [-0.05, 0) is 37.5 Å². The zero-order valence-electron chi connectivity index (χ0n) is 14.4. The highest BCUT2D eigenvalue weighted by Gasteiger charge is 2.26. The van der Waals surface area contributed by atoms with Crippen molar-refractivity contribution >= 4 is 12.0 Å². The molecule has 26 heavy (non-hydrogen) atoms. The van der Waals surface area contributed by atoms with Crippen LogP contribution in [0.4, 0.5) is 13.6 Å². The Kier molecular flexibility index (Phi) is 6.99. The number of carbonyl (C=O) groups excluding carboxylic acids is 1. The van der Waals surface area contributed by atoms with Crippen molar-refractivity contribution in [3.05, 3.63) is 23.8 Å². The van der Waals surface area contributed by atoms with Crippen molar-refractivity contribution in [2.24, 2.45) is 5.92 Å². The number of ether oxygens (including phenoxy) is 2. The largest absolute Gasteiger partial charge is 0.490 e. The first-order valence-electron chi connectivity index (χ1n) is 8.36. The van der Waals surface area contributed by atoms with Gasteiger partial charge >= 0.3 is 18.6 Å². The maximum absolute atomic E-state index is 12.4. The van der Waals surface area contributed by atoms with Gasteiger partial charge in [0, 0.05) is 19.6 Å². The number of halogens is 2. The predicted octanol–water partition coefficient (Wildman–Crippen LogP) is 2.69. The quantitative estimate of drug-likeness (QED) is 0.768. The Morgan fingerprint density at radius 2 is 2.00 bits per heavy atom. The number of aliphatic carboxylic acids is 1. The highest BCUT2D eigenvalue weighted by atomic mass is 19.3. The van der Waals surface area contributed by atoms with Crippen molar-refractivity contribution < 1.29 is 33.0 Å². The molecule has 7 nitrogen and oxygen atoms in total. The van der Waals surface area contributed by atoms with Gasteiger partial charge in [-0.2, -0.15) is 8.78 Å². The van der Waals surface area contributed by atoms with E-state index in [-0.39, 0.29) is 30.7 Å². The van der Waals surface area contributed by atoms with Gasteiger partial charge in [0.25, 0.3) is 0 Å². The number of carboxylic acid groups (broad SMARTS) is 1. The Morgan fingerprint density at radius 1 is 1.31 bits per heavy atom. The molecule has 2 rings (SSSR count). The predicted molar refractivity (Wildman–Crippen MR) is 88.4 cm³/mol. The van der Waals surface area contributed by atoms with E-state index in [4.69, 9.17) is 9.84 Å². The zero-order chi connectivity index (χ0) is 19.1. The standard InChI is InChI=1S/C17H22F2N2O5/c1-2-25-14-9-11(3-4-13(14)26-16(18)19)10-20-17(24)21-7-5-12(6-8-21)15(22)23/h3-4,9,12,16H,2,5-8,10H2,1H3,(H,20,24)(H,22,23). The van der Waals surface area contributed by atoms with E-state index in [1.807, 2.05) is 0 Å². The fourth-order valence-corrected chi connectivity index (χ4v) is 2.74. The number of carbonyl (C=O) groups is 2. The number of amides is 2. The first-order chi connectivity index (χ1) is 12.4. The third-order valence-corrected chi connectivity index (χ3v) is 4.10. The van der Waals surface area contributed by atoms with Crippen molar-refractivity contribution in [3.8, 4) is 11.5 Å². The third-order valence-electron chi connectivity index (χ3n) is 4.10. The molecule has 0 saturated carbocycles. The van der Waals surface area contributed by atoms with E-state index in [0.29, 0.717) is 31.5 Å². The summed E-state index contributed by atoms with van der Waals surface area (Å²) in [7, 11) is 0. The van der Waals surface area contributed by atoms with Gasteiger partial charge in [-0.15, -0.1) is 0 Å². The Bertz CT molecular complexity index is 634. The van der Waals surface area contributed by atoms with Crippen LogP contribution >= 0.6 is 0 Å². The lowest BCUT2D eigenvalue weighted by atomic mass is 9.97. The van der Waals surface area contributed by atoms with Crippen molar-refractivity contribution in [1.29, 1.82) is 0 Å². The van der Waals surface area contributed by atoms with Gasteiger partial charge in [-0.1, -0.05) is 6.07 Å². The van der Waals surface area contributed by atoms with Crippen LogP contribution in [0.1, 0.15) is 25.3 Å². The maximum atomic E-state index is 12.4. The smallest absolute Gasteiger partial charge is 0.387 e. The molecule has 2 amide bonds. The van der Waals surface area contributed by atoms with Gasteiger partial charge in [0.05, 0.1) is 12.5 Å². The fraction of sp³-hybridized carbons (Fsp3) is 0.529. The second-order valence-corrected chi connectivity index (χ2v) is 5.85. The van der Waals surface area contributed by atoms with Crippen molar-refractivity contribution in [2.45, 2.75) is 32.9 Å². The van der Waals surface area contributed by atoms with Crippen LogP contribution in [-0.4, -0.2) is 48.3 Å². The summed E-state index contributed by atoms with van der Waals surface area (Å²) in [5.74, 6) is -1.12. The average Bonchev–Trinajstić information content (AvgIpc) is 2.61. The Labute approximate surface area is 149 Å². The van der Waals surface area contributed by atoms with Crippen LogP contribution in [0.2, 0.25) is 0 Å². The first kappa shape index (κ1) is 19.7. The molecular weight excluding hydrogens is 350 g/mol. The molecule has 0 unspecified atom stereocenters. The molecule has 1 aromatic rings. The summed E-state index contributed by atoms with van der Waals surface area (Å²) in [6, 6.07) is 4.19. The monoisotopic (exact) mass is 372 g/mol. The number of urea groups is 1. The summed E-state index contributed by atoms with van der Waals surface area (Å²) in [6.45, 7) is 0.0122. The van der Waals surface area contributed by atoms with Crippen molar-refractivity contribution in [2.75, 3.05) is 19.7 Å². The van der Waals surface area contributed by atoms with E-state index in [2.05, 4.69) is 10.1 Å². The van der Waals surface area contributed by atoms with Crippen LogP contribution in [0.5, 0.6) is 11.5 Å². The number of carboxylic acids is 1. The topological polar surface area (TPSA) is 88.1 Å². The number of piperidine rings is 1. The normalized spacial score (nSPS) is 15.0. The van der Waals surface area contributed by atoms with Gasteiger partial charge in [-0.3, -0.25) is 4.79 Å².